The van der Waals surface area contributed by atoms with Gasteiger partial charge in [-0.25, -0.2) is 8.25 Å². The molecule has 0 aromatic heterocycles. The quantitative estimate of drug-likeness (QED) is 0.541. The van der Waals surface area contributed by atoms with Gasteiger partial charge in [0.2, 0.25) is 0 Å². The van der Waals surface area contributed by atoms with Gasteiger partial charge in [0.05, 0.1) is 0 Å². The number of halogens is 1. The van der Waals surface area contributed by atoms with Crippen molar-refractivity contribution in [3.63, 3.8) is 0 Å². The molecule has 2 fully saturated rings. The summed E-state index contributed by atoms with van der Waals surface area (Å²) in [5.74, 6) is 0. The summed E-state index contributed by atoms with van der Waals surface area (Å²) in [6.45, 7) is 3.35. The summed E-state index contributed by atoms with van der Waals surface area (Å²) in [7, 11) is -3.44. The van der Waals surface area contributed by atoms with Crippen molar-refractivity contribution in [1.82, 2.24) is 7.42 Å². The average molecular weight is 331 g/mol. The number of nitrogens with zero attached hydrogens (tertiary/aromatic N) is 2. The molecule has 0 aliphatic carbocycles. The second kappa shape index (κ2) is 3.55. The van der Waals surface area contributed by atoms with Gasteiger partial charge in [-0.15, -0.1) is 0 Å². The highest BCUT2D eigenvalue weighted by molar-refractivity contribution is 14.1. The highest BCUT2D eigenvalue weighted by Crippen LogP contribution is 2.41. The summed E-state index contributed by atoms with van der Waals surface area (Å²) in [4.78, 5) is 0. The molecule has 14 heavy (non-hydrogen) atoms. The molecule has 2 aliphatic rings. The second-order valence-corrected chi connectivity index (χ2v) is 7.13. The molecule has 82 valence electrons. The number of nitrogens with two attached hydrogens (primary N) is 1. The van der Waals surface area contributed by atoms with Gasteiger partial charge in [-0.1, -0.05) is 0 Å². The Hall–Kier alpha value is 0.560. The van der Waals surface area contributed by atoms with E-state index in [4.69, 9.17) is 5.14 Å². The van der Waals surface area contributed by atoms with Crippen LogP contribution in [0.4, 0.5) is 0 Å². The van der Waals surface area contributed by atoms with E-state index in [2.05, 4.69) is 26.0 Å². The van der Waals surface area contributed by atoms with Crippen molar-refractivity contribution in [1.29, 1.82) is 0 Å². The molecule has 0 bridgehead atoms. The molecule has 0 amide bonds. The van der Waals surface area contributed by atoms with Crippen LogP contribution in [0.25, 0.3) is 0 Å². The molecule has 0 aromatic carbocycles. The van der Waals surface area contributed by atoms with Crippen molar-refractivity contribution in [3.05, 3.63) is 0 Å². The van der Waals surface area contributed by atoms with Crippen LogP contribution in [-0.4, -0.2) is 42.0 Å². The molecule has 0 atom stereocenters. The van der Waals surface area contributed by atoms with E-state index < -0.39 is 10.2 Å². The van der Waals surface area contributed by atoms with E-state index in [-0.39, 0.29) is 5.41 Å². The fourth-order valence-corrected chi connectivity index (χ4v) is 3.54. The van der Waals surface area contributed by atoms with Gasteiger partial charge in [0.25, 0.3) is 10.2 Å². The summed E-state index contributed by atoms with van der Waals surface area (Å²) in [6, 6.07) is 0. The summed E-state index contributed by atoms with van der Waals surface area (Å²) in [5, 5.41) is 5.04. The molecule has 2 rings (SSSR count). The van der Waals surface area contributed by atoms with E-state index >= 15 is 0 Å². The van der Waals surface area contributed by atoms with Crippen LogP contribution in [-0.2, 0) is 10.2 Å². The number of hydrogen-bond acceptors (Lipinski definition) is 3. The minimum atomic E-state index is -3.44. The molecular weight excluding hydrogens is 317 g/mol. The zero-order valence-corrected chi connectivity index (χ0v) is 10.8. The van der Waals surface area contributed by atoms with Crippen molar-refractivity contribution in [2.45, 2.75) is 12.8 Å². The first-order valence-electron chi connectivity index (χ1n) is 4.60. The minimum absolute atomic E-state index is 0.230. The van der Waals surface area contributed by atoms with E-state index in [1.54, 1.807) is 0 Å². The summed E-state index contributed by atoms with van der Waals surface area (Å²) < 4.78 is 25.6. The number of piperidine rings is 1. The summed E-state index contributed by atoms with van der Waals surface area (Å²) in [6.07, 6.45) is 2.17. The maximum atomic E-state index is 11.0. The molecule has 2 heterocycles. The van der Waals surface area contributed by atoms with Crippen LogP contribution in [0.1, 0.15) is 12.8 Å². The third kappa shape index (κ3) is 2.06. The van der Waals surface area contributed by atoms with Crippen molar-refractivity contribution < 1.29 is 8.42 Å². The average Bonchev–Trinajstić information content (AvgIpc) is 2.00. The monoisotopic (exact) mass is 331 g/mol. The summed E-state index contributed by atoms with van der Waals surface area (Å²) >= 11 is 2.31. The minimum Gasteiger partial charge on any atom is -0.248 e. The Labute approximate surface area is 98.3 Å². The third-order valence-electron chi connectivity index (χ3n) is 3.15. The van der Waals surface area contributed by atoms with Gasteiger partial charge < -0.3 is 0 Å². The number of rotatable bonds is 1. The van der Waals surface area contributed by atoms with Gasteiger partial charge >= 0.3 is 0 Å². The van der Waals surface area contributed by atoms with E-state index in [9.17, 15) is 8.42 Å². The highest BCUT2D eigenvalue weighted by Gasteiger charge is 2.48. The topological polar surface area (TPSA) is 66.6 Å². The molecule has 2 saturated heterocycles. The van der Waals surface area contributed by atoms with Crippen molar-refractivity contribution in [3.8, 4) is 0 Å². The van der Waals surface area contributed by atoms with E-state index in [0.717, 1.165) is 25.9 Å². The van der Waals surface area contributed by atoms with Crippen LogP contribution >= 0.6 is 22.9 Å². The largest absolute Gasteiger partial charge is 0.276 e. The van der Waals surface area contributed by atoms with Gasteiger partial charge in [-0.05, 0) is 12.8 Å². The van der Waals surface area contributed by atoms with Crippen LogP contribution in [0.15, 0.2) is 0 Å². The molecule has 2 aliphatic heterocycles. The zero-order valence-electron chi connectivity index (χ0n) is 7.82. The second-order valence-electron chi connectivity index (χ2n) is 4.22. The lowest BCUT2D eigenvalue weighted by Gasteiger charge is -2.51. The van der Waals surface area contributed by atoms with Crippen LogP contribution in [0.5, 0.6) is 0 Å². The fourth-order valence-electron chi connectivity index (χ4n) is 2.15. The van der Waals surface area contributed by atoms with Crippen molar-refractivity contribution >= 4 is 33.1 Å². The van der Waals surface area contributed by atoms with Gasteiger partial charge in [-0.3, -0.25) is 0 Å². The van der Waals surface area contributed by atoms with Crippen LogP contribution < -0.4 is 5.14 Å². The lowest BCUT2D eigenvalue weighted by molar-refractivity contribution is 0.0249. The zero-order chi connectivity index (χ0) is 10.4. The first-order valence-corrected chi connectivity index (χ1v) is 7.07. The fraction of sp³-hybridized carbons (Fsp3) is 1.00. The highest BCUT2D eigenvalue weighted by atomic mass is 127. The predicted octanol–water partition coefficient (Wildman–Crippen LogP) is -0.0623. The first kappa shape index (κ1) is 11.1. The van der Waals surface area contributed by atoms with E-state index in [1.165, 1.54) is 4.31 Å². The lowest BCUT2D eigenvalue weighted by atomic mass is 9.74. The molecule has 1 spiro atoms. The molecular formula is C7H14IN3O2S. The summed E-state index contributed by atoms with van der Waals surface area (Å²) in [5.41, 5.74) is 0.230. The SMILES string of the molecule is NS(=O)(=O)N1CC2(CCN(I)CC2)C1. The molecule has 5 nitrogen and oxygen atoms in total. The molecule has 0 saturated carbocycles. The predicted molar refractivity (Wildman–Crippen MR) is 61.9 cm³/mol. The van der Waals surface area contributed by atoms with Gasteiger partial charge in [0, 0.05) is 54.5 Å². The smallest absolute Gasteiger partial charge is 0.248 e. The van der Waals surface area contributed by atoms with Crippen LogP contribution in [0, 0.1) is 5.41 Å². The maximum absolute atomic E-state index is 11.0. The van der Waals surface area contributed by atoms with Gasteiger partial charge in [0.1, 0.15) is 0 Å². The molecule has 7 heteroatoms. The van der Waals surface area contributed by atoms with Crippen LogP contribution in [0.2, 0.25) is 0 Å². The molecule has 0 aromatic rings. The maximum Gasteiger partial charge on any atom is 0.276 e. The van der Waals surface area contributed by atoms with Crippen LogP contribution in [0.3, 0.4) is 0 Å². The van der Waals surface area contributed by atoms with Crippen molar-refractivity contribution in [2.24, 2.45) is 10.6 Å². The normalized spacial score (nSPS) is 29.0. The lowest BCUT2D eigenvalue weighted by Crippen LogP contribution is -2.62. The van der Waals surface area contributed by atoms with E-state index in [1.807, 2.05) is 0 Å². The molecule has 0 unspecified atom stereocenters. The first-order chi connectivity index (χ1) is 6.41. The van der Waals surface area contributed by atoms with Crippen molar-refractivity contribution in [2.75, 3.05) is 26.2 Å². The Morgan fingerprint density at radius 3 is 2.14 bits per heavy atom. The Morgan fingerprint density at radius 1 is 1.21 bits per heavy atom. The van der Waals surface area contributed by atoms with Gasteiger partial charge in [-0.2, -0.15) is 12.7 Å². The Bertz CT molecular complexity index is 316. The molecule has 2 N–H and O–H groups in total. The third-order valence-corrected chi connectivity index (χ3v) is 5.10. The Balaban J connectivity index is 1.93. The number of hydrogen-bond donors (Lipinski definition) is 1. The standard InChI is InChI=1S/C7H14IN3O2S/c8-10-3-1-7(2-4-10)5-11(6-7)14(9,12)13/h1-6H2,(H2,9,12,13). The Kier molecular flexibility index (Phi) is 2.80. The molecule has 0 radical (unpaired) electrons. The van der Waals surface area contributed by atoms with E-state index in [0.29, 0.717) is 13.1 Å². The van der Waals surface area contributed by atoms with Gasteiger partial charge in [0.15, 0.2) is 0 Å². The Morgan fingerprint density at radius 2 is 1.71 bits per heavy atom.